The second-order valence-electron chi connectivity index (χ2n) is 7.41. The summed E-state index contributed by atoms with van der Waals surface area (Å²) in [4.78, 5) is 46.5. The molecule has 2 heterocycles. The highest BCUT2D eigenvalue weighted by molar-refractivity contribution is 6.27. The number of nitrogens with zero attached hydrogens (tertiary/aromatic N) is 3. The molecule has 0 bridgehead atoms. The molecule has 0 radical (unpaired) electrons. The third-order valence-electron chi connectivity index (χ3n) is 5.51. The topological polar surface area (TPSA) is 108 Å². The molecule has 180 valence electrons. The lowest BCUT2D eigenvalue weighted by atomic mass is 10.1. The molecule has 0 fully saturated rings. The van der Waals surface area contributed by atoms with Crippen LogP contribution < -0.4 is 28.7 Å². The van der Waals surface area contributed by atoms with Gasteiger partial charge in [-0.2, -0.15) is 0 Å². The summed E-state index contributed by atoms with van der Waals surface area (Å²) in [7, 11) is 5.90. The molecule has 35 heavy (non-hydrogen) atoms. The van der Waals surface area contributed by atoms with Gasteiger partial charge in [-0.05, 0) is 48.5 Å². The first kappa shape index (κ1) is 23.6. The summed E-state index contributed by atoms with van der Waals surface area (Å²) in [6.07, 6.45) is 1.49. The fourth-order valence-electron chi connectivity index (χ4n) is 3.80. The highest BCUT2D eigenvalue weighted by Gasteiger charge is 2.38. The number of methoxy groups -OCH3 is 4. The Bertz CT molecular complexity index is 1310. The molecule has 0 N–H and O–H groups in total. The van der Waals surface area contributed by atoms with E-state index in [-0.39, 0.29) is 29.2 Å². The van der Waals surface area contributed by atoms with Crippen LogP contribution in [-0.4, -0.2) is 57.7 Å². The van der Waals surface area contributed by atoms with Crippen molar-refractivity contribution in [1.82, 2.24) is 4.98 Å². The molecule has 4 rings (SSSR count). The van der Waals surface area contributed by atoms with E-state index < -0.39 is 17.7 Å². The molecular formula is C25H23N3O7. The predicted octanol–water partition coefficient (Wildman–Crippen LogP) is 2.95. The van der Waals surface area contributed by atoms with Crippen LogP contribution in [0, 0.1) is 0 Å². The number of amides is 3. The maximum Gasteiger partial charge on any atom is 0.265 e. The van der Waals surface area contributed by atoms with Crippen LogP contribution in [0.1, 0.15) is 20.7 Å². The largest absolute Gasteiger partial charge is 0.493 e. The first-order valence-electron chi connectivity index (χ1n) is 10.5. The van der Waals surface area contributed by atoms with Gasteiger partial charge in [-0.1, -0.05) is 0 Å². The summed E-state index contributed by atoms with van der Waals surface area (Å²) in [5, 5.41) is 0. The van der Waals surface area contributed by atoms with E-state index in [1.165, 1.54) is 57.7 Å². The number of anilines is 2. The number of hydrogen-bond acceptors (Lipinski definition) is 8. The van der Waals surface area contributed by atoms with Gasteiger partial charge in [0.2, 0.25) is 0 Å². The van der Waals surface area contributed by atoms with Crippen molar-refractivity contribution in [3.05, 3.63) is 65.9 Å². The second-order valence-corrected chi connectivity index (χ2v) is 7.41. The lowest BCUT2D eigenvalue weighted by Crippen LogP contribution is -2.50. The van der Waals surface area contributed by atoms with Crippen molar-refractivity contribution in [2.24, 2.45) is 0 Å². The summed E-state index contributed by atoms with van der Waals surface area (Å²) in [6.45, 7) is -0.379. The maximum absolute atomic E-state index is 13.4. The van der Waals surface area contributed by atoms with Crippen molar-refractivity contribution in [2.45, 2.75) is 0 Å². The van der Waals surface area contributed by atoms with Gasteiger partial charge in [-0.15, -0.1) is 0 Å². The SMILES string of the molecule is COc1ccc(C(=O)N2CC(=O)N(C(=O)c3ccc(OC)c(OC)c3)c3cccnc32)cc1OC. The fraction of sp³-hybridized carbons (Fsp3) is 0.200. The van der Waals surface area contributed by atoms with Crippen LogP contribution in [-0.2, 0) is 4.79 Å². The van der Waals surface area contributed by atoms with Crippen LogP contribution in [0.3, 0.4) is 0 Å². The second kappa shape index (κ2) is 9.72. The Hall–Kier alpha value is -4.60. The van der Waals surface area contributed by atoms with E-state index in [2.05, 4.69) is 4.98 Å². The van der Waals surface area contributed by atoms with Gasteiger partial charge >= 0.3 is 0 Å². The van der Waals surface area contributed by atoms with E-state index in [1.54, 1.807) is 30.3 Å². The van der Waals surface area contributed by atoms with Crippen molar-refractivity contribution in [2.75, 3.05) is 44.8 Å². The standard InChI is InChI=1S/C25H23N3O7/c1-32-18-9-7-15(12-20(18)34-3)24(30)27-14-22(29)28(17-6-5-11-26-23(17)27)25(31)16-8-10-19(33-2)21(13-16)35-4/h5-13H,14H2,1-4H3. The summed E-state index contributed by atoms with van der Waals surface area (Å²) >= 11 is 0. The van der Waals surface area contributed by atoms with Gasteiger partial charge in [0, 0.05) is 17.3 Å². The third kappa shape index (κ3) is 4.21. The summed E-state index contributed by atoms with van der Waals surface area (Å²) < 4.78 is 21.0. The van der Waals surface area contributed by atoms with Gasteiger partial charge in [0.25, 0.3) is 17.7 Å². The Morgan fingerprint density at radius 2 is 1.31 bits per heavy atom. The van der Waals surface area contributed by atoms with Crippen LogP contribution in [0.25, 0.3) is 0 Å². The van der Waals surface area contributed by atoms with Gasteiger partial charge < -0.3 is 18.9 Å². The molecule has 0 spiro atoms. The van der Waals surface area contributed by atoms with Gasteiger partial charge in [0.1, 0.15) is 6.54 Å². The van der Waals surface area contributed by atoms with E-state index in [1.807, 2.05) is 0 Å². The molecule has 0 saturated carbocycles. The molecule has 0 unspecified atom stereocenters. The lowest BCUT2D eigenvalue weighted by Gasteiger charge is -2.34. The Balaban J connectivity index is 1.72. The zero-order valence-electron chi connectivity index (χ0n) is 19.6. The first-order valence-corrected chi connectivity index (χ1v) is 10.5. The minimum Gasteiger partial charge on any atom is -0.493 e. The number of carbonyl (C=O) groups is 3. The number of pyridine rings is 1. The number of aromatic nitrogens is 1. The normalized spacial score (nSPS) is 12.6. The van der Waals surface area contributed by atoms with Crippen molar-refractivity contribution in [3.8, 4) is 23.0 Å². The molecule has 1 aromatic heterocycles. The molecule has 3 aromatic rings. The highest BCUT2D eigenvalue weighted by Crippen LogP contribution is 2.36. The monoisotopic (exact) mass is 477 g/mol. The van der Waals surface area contributed by atoms with E-state index in [0.717, 1.165) is 4.90 Å². The van der Waals surface area contributed by atoms with E-state index in [4.69, 9.17) is 18.9 Å². The smallest absolute Gasteiger partial charge is 0.265 e. The van der Waals surface area contributed by atoms with Gasteiger partial charge in [0.15, 0.2) is 28.8 Å². The number of fused-ring (bicyclic) bond motifs is 1. The number of rotatable bonds is 6. The molecule has 0 saturated heterocycles. The number of benzene rings is 2. The molecule has 2 aromatic carbocycles. The fourth-order valence-corrected chi connectivity index (χ4v) is 3.80. The summed E-state index contributed by atoms with van der Waals surface area (Å²) in [5.74, 6) is 0.167. The molecule has 3 amide bonds. The number of hydrogen-bond donors (Lipinski definition) is 0. The van der Waals surface area contributed by atoms with Gasteiger partial charge in [0.05, 0.1) is 34.1 Å². The number of ether oxygens (including phenoxy) is 4. The Morgan fingerprint density at radius 1 is 0.771 bits per heavy atom. The van der Waals surface area contributed by atoms with E-state index >= 15 is 0 Å². The molecule has 1 aliphatic heterocycles. The van der Waals surface area contributed by atoms with Crippen molar-refractivity contribution < 1.29 is 33.3 Å². The van der Waals surface area contributed by atoms with E-state index in [9.17, 15) is 14.4 Å². The molecule has 10 nitrogen and oxygen atoms in total. The van der Waals surface area contributed by atoms with Crippen LogP contribution in [0.2, 0.25) is 0 Å². The molecule has 0 aliphatic carbocycles. The van der Waals surface area contributed by atoms with Crippen LogP contribution >= 0.6 is 0 Å². The number of imide groups is 1. The van der Waals surface area contributed by atoms with Gasteiger partial charge in [-0.25, -0.2) is 9.88 Å². The molecule has 10 heteroatoms. The highest BCUT2D eigenvalue weighted by atomic mass is 16.5. The molecular weight excluding hydrogens is 454 g/mol. The Kier molecular flexibility index (Phi) is 6.54. The first-order chi connectivity index (χ1) is 16.9. The average molecular weight is 477 g/mol. The van der Waals surface area contributed by atoms with Crippen LogP contribution in [0.5, 0.6) is 23.0 Å². The zero-order chi connectivity index (χ0) is 25.1. The van der Waals surface area contributed by atoms with Crippen LogP contribution in [0.4, 0.5) is 11.5 Å². The van der Waals surface area contributed by atoms with Gasteiger partial charge in [-0.3, -0.25) is 19.3 Å². The minimum absolute atomic E-state index is 0.181. The molecule has 1 aliphatic rings. The third-order valence-corrected chi connectivity index (χ3v) is 5.51. The number of carbonyl (C=O) groups excluding carboxylic acids is 3. The predicted molar refractivity (Wildman–Crippen MR) is 127 cm³/mol. The van der Waals surface area contributed by atoms with Crippen molar-refractivity contribution in [1.29, 1.82) is 0 Å². The lowest BCUT2D eigenvalue weighted by molar-refractivity contribution is -0.116. The van der Waals surface area contributed by atoms with Crippen molar-refractivity contribution in [3.63, 3.8) is 0 Å². The van der Waals surface area contributed by atoms with Crippen LogP contribution in [0.15, 0.2) is 54.7 Å². The summed E-state index contributed by atoms with van der Waals surface area (Å²) in [6, 6.07) is 12.5. The minimum atomic E-state index is -0.584. The molecule has 0 atom stereocenters. The Morgan fingerprint density at radius 3 is 1.86 bits per heavy atom. The Labute approximate surface area is 201 Å². The maximum atomic E-state index is 13.4. The average Bonchev–Trinajstić information content (AvgIpc) is 2.90. The summed E-state index contributed by atoms with van der Waals surface area (Å²) in [5.41, 5.74) is 0.676. The zero-order valence-corrected chi connectivity index (χ0v) is 19.6. The quantitative estimate of drug-likeness (QED) is 0.499. The van der Waals surface area contributed by atoms with E-state index in [0.29, 0.717) is 23.0 Å². The van der Waals surface area contributed by atoms with Crippen molar-refractivity contribution >= 4 is 29.2 Å².